The van der Waals surface area contributed by atoms with Gasteiger partial charge >= 0.3 is 12.4 Å². The van der Waals surface area contributed by atoms with Crippen LogP contribution in [0.25, 0.3) is 0 Å². The zero-order valence-electron chi connectivity index (χ0n) is 17.5. The van der Waals surface area contributed by atoms with E-state index in [1.807, 2.05) is 0 Å². The smallest absolute Gasteiger partial charge is 0.272 e. The molecule has 2 aromatic rings. The second-order valence-corrected chi connectivity index (χ2v) is 8.00. The van der Waals surface area contributed by atoms with Crippen LogP contribution in [-0.4, -0.2) is 35.6 Å². The minimum atomic E-state index is -4.62. The lowest BCUT2D eigenvalue weighted by Crippen LogP contribution is -2.31. The lowest BCUT2D eigenvalue weighted by molar-refractivity contribution is -0.120. The molecule has 0 radical (unpaired) electrons. The van der Waals surface area contributed by atoms with E-state index in [4.69, 9.17) is 23.2 Å². The molecule has 0 saturated carbocycles. The molecule has 0 fully saturated rings. The third-order valence-corrected chi connectivity index (χ3v) is 5.39. The van der Waals surface area contributed by atoms with Crippen LogP contribution in [0.4, 0.5) is 37.7 Å². The van der Waals surface area contributed by atoms with Gasteiger partial charge in [-0.15, -0.1) is 0 Å². The van der Waals surface area contributed by atoms with Crippen LogP contribution < -0.4 is 10.0 Å². The molecule has 0 saturated heterocycles. The van der Waals surface area contributed by atoms with Crippen LogP contribution in [-0.2, 0) is 9.59 Å². The topological polar surface area (TPSA) is 65.3 Å². The van der Waals surface area contributed by atoms with Crippen molar-refractivity contribution in [3.63, 3.8) is 0 Å². The van der Waals surface area contributed by atoms with Crippen molar-refractivity contribution in [3.8, 4) is 0 Å². The summed E-state index contributed by atoms with van der Waals surface area (Å²) in [6.07, 6.45) is -9.97. The largest absolute Gasteiger partial charge is 0.432 e. The SMILES string of the molecule is CC1C(=O)N(c2ccccc2Cl)N=C1C(F)(F)F.O=C1CC(C(F)(F)F)=NN1c1ccccc1Cl. The molecule has 2 aliphatic heterocycles. The van der Waals surface area contributed by atoms with Crippen LogP contribution in [0.15, 0.2) is 58.7 Å². The first-order valence-corrected chi connectivity index (χ1v) is 10.4. The van der Waals surface area contributed by atoms with Gasteiger partial charge in [0.05, 0.1) is 33.8 Å². The first-order chi connectivity index (χ1) is 16.2. The average Bonchev–Trinajstić information content (AvgIpc) is 3.30. The third kappa shape index (κ3) is 5.76. The highest BCUT2D eigenvalue weighted by molar-refractivity contribution is 6.34. The minimum Gasteiger partial charge on any atom is -0.272 e. The van der Waals surface area contributed by atoms with Gasteiger partial charge in [-0.3, -0.25) is 9.59 Å². The first-order valence-electron chi connectivity index (χ1n) is 9.68. The third-order valence-electron chi connectivity index (χ3n) is 4.75. The monoisotopic (exact) mass is 538 g/mol. The molecular weight excluding hydrogens is 525 g/mol. The van der Waals surface area contributed by atoms with Crippen LogP contribution in [0.5, 0.6) is 0 Å². The van der Waals surface area contributed by atoms with Crippen LogP contribution in [0, 0.1) is 5.92 Å². The molecule has 0 aliphatic carbocycles. The molecule has 1 atom stereocenters. The van der Waals surface area contributed by atoms with Gasteiger partial charge in [0.2, 0.25) is 0 Å². The Balaban J connectivity index is 0.000000196. The van der Waals surface area contributed by atoms with E-state index in [1.54, 1.807) is 24.3 Å². The van der Waals surface area contributed by atoms with E-state index in [1.165, 1.54) is 31.2 Å². The molecule has 0 spiro atoms. The zero-order chi connectivity index (χ0) is 26.1. The average molecular weight is 539 g/mol. The van der Waals surface area contributed by atoms with Crippen molar-refractivity contribution in [1.29, 1.82) is 0 Å². The number of alkyl halides is 6. The van der Waals surface area contributed by atoms with Crippen molar-refractivity contribution in [2.24, 2.45) is 16.1 Å². The normalized spacial score (nSPS) is 18.4. The highest BCUT2D eigenvalue weighted by Gasteiger charge is 2.48. The molecule has 6 nitrogen and oxygen atoms in total. The van der Waals surface area contributed by atoms with Crippen molar-refractivity contribution in [1.82, 2.24) is 0 Å². The Kier molecular flexibility index (Phi) is 7.46. The van der Waals surface area contributed by atoms with Crippen molar-refractivity contribution in [2.75, 3.05) is 10.0 Å². The number of rotatable bonds is 2. The van der Waals surface area contributed by atoms with Crippen LogP contribution in [0.2, 0.25) is 10.0 Å². The lowest BCUT2D eigenvalue weighted by Gasteiger charge is -2.13. The highest BCUT2D eigenvalue weighted by Crippen LogP contribution is 2.35. The van der Waals surface area contributed by atoms with Gasteiger partial charge in [-0.25, -0.2) is 0 Å². The zero-order valence-corrected chi connectivity index (χ0v) is 19.0. The Hall–Kier alpha value is -3.12. The predicted molar refractivity (Wildman–Crippen MR) is 119 cm³/mol. The summed E-state index contributed by atoms with van der Waals surface area (Å²) in [5, 5.41) is 8.34. The summed E-state index contributed by atoms with van der Waals surface area (Å²) in [7, 11) is 0. The fourth-order valence-electron chi connectivity index (χ4n) is 3.04. The molecule has 0 N–H and O–H groups in total. The first kappa shape index (κ1) is 26.5. The molecule has 2 aromatic carbocycles. The molecule has 4 rings (SSSR count). The van der Waals surface area contributed by atoms with Crippen LogP contribution in [0.1, 0.15) is 13.3 Å². The number of amides is 2. The fourth-order valence-corrected chi connectivity index (χ4v) is 3.47. The Morgan fingerprint density at radius 2 is 1.29 bits per heavy atom. The van der Waals surface area contributed by atoms with Gasteiger partial charge in [0, 0.05) is 0 Å². The number of para-hydroxylation sites is 2. The predicted octanol–water partition coefficient (Wildman–Crippen LogP) is 6.24. The Bertz CT molecular complexity index is 1210. The second kappa shape index (κ2) is 9.86. The number of carbonyl (C=O) groups excluding carboxylic acids is 2. The van der Waals surface area contributed by atoms with Crippen LogP contribution >= 0.6 is 23.2 Å². The van der Waals surface area contributed by atoms with Crippen molar-refractivity contribution < 1.29 is 35.9 Å². The number of hydrogen-bond acceptors (Lipinski definition) is 4. The minimum absolute atomic E-state index is 0.148. The van der Waals surface area contributed by atoms with Gasteiger partial charge in [-0.1, -0.05) is 47.5 Å². The number of nitrogens with zero attached hydrogens (tertiary/aromatic N) is 4. The summed E-state index contributed by atoms with van der Waals surface area (Å²) in [6, 6.07) is 12.2. The van der Waals surface area contributed by atoms with Gasteiger partial charge in [0.1, 0.15) is 0 Å². The van der Waals surface area contributed by atoms with E-state index in [-0.39, 0.29) is 21.4 Å². The molecule has 2 aliphatic rings. The maximum Gasteiger partial charge on any atom is 0.432 e. The Morgan fingerprint density at radius 1 is 0.800 bits per heavy atom. The summed E-state index contributed by atoms with van der Waals surface area (Å²) in [5.74, 6) is -2.80. The number of carbonyl (C=O) groups is 2. The van der Waals surface area contributed by atoms with Crippen molar-refractivity contribution >= 4 is 57.8 Å². The van der Waals surface area contributed by atoms with Crippen LogP contribution in [0.3, 0.4) is 0 Å². The summed E-state index contributed by atoms with van der Waals surface area (Å²) in [4.78, 5) is 23.2. The molecule has 2 heterocycles. The van der Waals surface area contributed by atoms with Gasteiger partial charge in [-0.05, 0) is 31.2 Å². The quantitative estimate of drug-likeness (QED) is 0.425. The van der Waals surface area contributed by atoms with Crippen molar-refractivity contribution in [2.45, 2.75) is 25.7 Å². The molecule has 35 heavy (non-hydrogen) atoms. The number of halogens is 8. The lowest BCUT2D eigenvalue weighted by atomic mass is 10.1. The fraction of sp³-hybridized carbons (Fsp3) is 0.238. The van der Waals surface area contributed by atoms with Gasteiger partial charge in [0.25, 0.3) is 11.8 Å². The highest BCUT2D eigenvalue weighted by atomic mass is 35.5. The standard InChI is InChI=1S/C11H8ClF3N2O.C10H6ClF3N2O/c1-6-9(11(13,14)15)16-17(10(6)18)8-5-3-2-4-7(8)12;11-6-3-1-2-4-7(6)16-9(17)5-8(15-16)10(12,13)14/h2-6H,1H3;1-4H,5H2. The molecule has 0 bridgehead atoms. The number of hydrazone groups is 2. The Labute approximate surface area is 204 Å². The number of hydrogen-bond donors (Lipinski definition) is 0. The van der Waals surface area contributed by atoms with E-state index in [0.29, 0.717) is 10.0 Å². The molecule has 14 heteroatoms. The van der Waals surface area contributed by atoms with E-state index in [0.717, 1.165) is 0 Å². The van der Waals surface area contributed by atoms with Gasteiger partial charge in [-0.2, -0.15) is 46.6 Å². The number of anilines is 2. The second-order valence-electron chi connectivity index (χ2n) is 7.18. The summed E-state index contributed by atoms with van der Waals surface area (Å²) in [5.41, 5.74) is -1.91. The van der Waals surface area contributed by atoms with E-state index >= 15 is 0 Å². The number of benzene rings is 2. The molecule has 2 amide bonds. The Morgan fingerprint density at radius 3 is 1.69 bits per heavy atom. The maximum atomic E-state index is 12.6. The van der Waals surface area contributed by atoms with E-state index in [9.17, 15) is 35.9 Å². The van der Waals surface area contributed by atoms with Crippen molar-refractivity contribution in [3.05, 3.63) is 58.6 Å². The summed E-state index contributed by atoms with van der Waals surface area (Å²) in [6.45, 7) is 1.17. The molecular formula is C21H14Cl2F6N4O2. The molecule has 186 valence electrons. The van der Waals surface area contributed by atoms with E-state index < -0.39 is 47.9 Å². The molecule has 1 unspecified atom stereocenters. The summed E-state index contributed by atoms with van der Waals surface area (Å²) < 4.78 is 75.0. The van der Waals surface area contributed by atoms with E-state index in [2.05, 4.69) is 10.2 Å². The molecule has 0 aromatic heterocycles. The summed E-state index contributed by atoms with van der Waals surface area (Å²) >= 11 is 11.6. The maximum absolute atomic E-state index is 12.6. The van der Waals surface area contributed by atoms with Gasteiger partial charge < -0.3 is 0 Å². The van der Waals surface area contributed by atoms with Gasteiger partial charge in [0.15, 0.2) is 11.4 Å².